The highest BCUT2D eigenvalue weighted by Crippen LogP contribution is 2.17. The van der Waals surface area contributed by atoms with Crippen LogP contribution in [0.5, 0.6) is 0 Å². The van der Waals surface area contributed by atoms with Crippen LogP contribution >= 0.6 is 0 Å². The summed E-state index contributed by atoms with van der Waals surface area (Å²) in [7, 11) is 0. The van der Waals surface area contributed by atoms with Crippen LogP contribution in [0.25, 0.3) is 0 Å². The molecule has 6 heteroatoms. The molecule has 0 aliphatic carbocycles. The van der Waals surface area contributed by atoms with Crippen molar-refractivity contribution in [3.05, 3.63) is 0 Å². The van der Waals surface area contributed by atoms with Gasteiger partial charge in [-0.3, -0.25) is 14.5 Å². The van der Waals surface area contributed by atoms with E-state index in [0.29, 0.717) is 32.8 Å². The standard InChI is InChI=1S/C12H21NO5/c1-9-7-11(15)13(12(9)16)3-4-17-5-6-18-8-10(2)14/h9-10,14H,3-8H2,1-2H3. The van der Waals surface area contributed by atoms with E-state index in [1.165, 1.54) is 4.90 Å². The number of carbonyl (C=O) groups excluding carboxylic acids is 2. The van der Waals surface area contributed by atoms with Crippen molar-refractivity contribution >= 4 is 11.8 Å². The van der Waals surface area contributed by atoms with E-state index in [1.807, 2.05) is 0 Å². The minimum Gasteiger partial charge on any atom is -0.391 e. The summed E-state index contributed by atoms with van der Waals surface area (Å²) < 4.78 is 10.4. The lowest BCUT2D eigenvalue weighted by atomic mass is 10.1. The second-order valence-electron chi connectivity index (χ2n) is 4.53. The van der Waals surface area contributed by atoms with Gasteiger partial charge in [0.05, 0.1) is 39.1 Å². The zero-order valence-electron chi connectivity index (χ0n) is 10.9. The smallest absolute Gasteiger partial charge is 0.232 e. The number of rotatable bonds is 8. The molecule has 0 aromatic heterocycles. The van der Waals surface area contributed by atoms with Gasteiger partial charge in [-0.1, -0.05) is 6.92 Å². The van der Waals surface area contributed by atoms with Crippen molar-refractivity contribution in [2.75, 3.05) is 33.0 Å². The quantitative estimate of drug-likeness (QED) is 0.482. The van der Waals surface area contributed by atoms with Crippen LogP contribution in [0.4, 0.5) is 0 Å². The summed E-state index contributed by atoms with van der Waals surface area (Å²) in [4.78, 5) is 24.2. The Bertz CT molecular complexity index is 292. The number of nitrogens with zero attached hydrogens (tertiary/aromatic N) is 1. The molecule has 0 aromatic rings. The summed E-state index contributed by atoms with van der Waals surface area (Å²) in [5, 5.41) is 8.93. The number of aliphatic hydroxyl groups is 1. The van der Waals surface area contributed by atoms with Gasteiger partial charge in [0.15, 0.2) is 0 Å². The molecular formula is C12H21NO5. The van der Waals surface area contributed by atoms with E-state index in [4.69, 9.17) is 14.6 Å². The number of ether oxygens (including phenoxy) is 2. The normalized spacial score (nSPS) is 21.7. The topological polar surface area (TPSA) is 76.1 Å². The lowest BCUT2D eigenvalue weighted by Gasteiger charge is -2.14. The molecule has 1 N–H and O–H groups in total. The molecule has 6 nitrogen and oxygen atoms in total. The predicted molar refractivity (Wildman–Crippen MR) is 63.8 cm³/mol. The van der Waals surface area contributed by atoms with Crippen molar-refractivity contribution in [1.82, 2.24) is 4.90 Å². The van der Waals surface area contributed by atoms with E-state index in [9.17, 15) is 9.59 Å². The van der Waals surface area contributed by atoms with Crippen LogP contribution in [-0.4, -0.2) is 60.9 Å². The molecule has 1 rings (SSSR count). The molecule has 18 heavy (non-hydrogen) atoms. The van der Waals surface area contributed by atoms with Crippen LogP contribution in [0.3, 0.4) is 0 Å². The van der Waals surface area contributed by atoms with Gasteiger partial charge in [-0.25, -0.2) is 0 Å². The molecule has 0 radical (unpaired) electrons. The highest BCUT2D eigenvalue weighted by Gasteiger charge is 2.34. The third-order valence-corrected chi connectivity index (χ3v) is 2.66. The van der Waals surface area contributed by atoms with Gasteiger partial charge >= 0.3 is 0 Å². The van der Waals surface area contributed by atoms with Crippen LogP contribution in [0.2, 0.25) is 0 Å². The molecule has 0 spiro atoms. The summed E-state index contributed by atoms with van der Waals surface area (Å²) >= 11 is 0. The van der Waals surface area contributed by atoms with Crippen molar-refractivity contribution in [2.45, 2.75) is 26.4 Å². The Kier molecular flexibility index (Phi) is 6.24. The lowest BCUT2D eigenvalue weighted by Crippen LogP contribution is -2.33. The highest BCUT2D eigenvalue weighted by atomic mass is 16.5. The first-order chi connectivity index (χ1) is 8.52. The van der Waals surface area contributed by atoms with Gasteiger partial charge in [-0.05, 0) is 6.92 Å². The maximum absolute atomic E-state index is 11.6. The first-order valence-corrected chi connectivity index (χ1v) is 6.20. The lowest BCUT2D eigenvalue weighted by molar-refractivity contribution is -0.140. The van der Waals surface area contributed by atoms with Crippen molar-refractivity contribution in [3.63, 3.8) is 0 Å². The van der Waals surface area contributed by atoms with Gasteiger partial charge in [-0.2, -0.15) is 0 Å². The fraction of sp³-hybridized carbons (Fsp3) is 0.833. The van der Waals surface area contributed by atoms with Gasteiger partial charge in [0.25, 0.3) is 0 Å². The first kappa shape index (κ1) is 15.1. The zero-order valence-corrected chi connectivity index (χ0v) is 10.9. The first-order valence-electron chi connectivity index (χ1n) is 6.20. The Morgan fingerprint density at radius 3 is 2.56 bits per heavy atom. The molecule has 104 valence electrons. The number of imide groups is 1. The average molecular weight is 259 g/mol. The molecule has 1 fully saturated rings. The van der Waals surface area contributed by atoms with Crippen LogP contribution in [0, 0.1) is 5.92 Å². The van der Waals surface area contributed by atoms with Crippen LogP contribution in [-0.2, 0) is 19.1 Å². The second kappa shape index (κ2) is 7.45. The summed E-state index contributed by atoms with van der Waals surface area (Å²) in [5.41, 5.74) is 0. The summed E-state index contributed by atoms with van der Waals surface area (Å²) in [6.07, 6.45) is -0.178. The molecule has 1 heterocycles. The van der Waals surface area contributed by atoms with Gasteiger partial charge in [0, 0.05) is 12.3 Å². The number of hydrogen-bond acceptors (Lipinski definition) is 5. The van der Waals surface area contributed by atoms with E-state index in [2.05, 4.69) is 0 Å². The summed E-state index contributed by atoms with van der Waals surface area (Å²) in [6.45, 7) is 5.09. The Hall–Kier alpha value is -0.980. The molecule has 2 atom stereocenters. The SMILES string of the molecule is CC(O)COCCOCCN1C(=O)CC(C)C1=O. The van der Waals surface area contributed by atoms with Crippen LogP contribution in [0.1, 0.15) is 20.3 Å². The Morgan fingerprint density at radius 2 is 2.00 bits per heavy atom. The largest absolute Gasteiger partial charge is 0.391 e. The van der Waals surface area contributed by atoms with E-state index < -0.39 is 6.10 Å². The predicted octanol–water partition coefficient (Wildman–Crippen LogP) is -0.205. The van der Waals surface area contributed by atoms with Crippen molar-refractivity contribution in [3.8, 4) is 0 Å². The molecular weight excluding hydrogens is 238 g/mol. The second-order valence-corrected chi connectivity index (χ2v) is 4.53. The maximum Gasteiger partial charge on any atom is 0.232 e. The number of likely N-dealkylation sites (tertiary alicyclic amines) is 1. The van der Waals surface area contributed by atoms with Gasteiger partial charge in [0.1, 0.15) is 0 Å². The summed E-state index contributed by atoms with van der Waals surface area (Å²) in [6, 6.07) is 0. The molecule has 2 amide bonds. The molecule has 1 saturated heterocycles. The zero-order chi connectivity index (χ0) is 13.5. The molecule has 1 aliphatic heterocycles. The molecule has 0 aromatic carbocycles. The molecule has 0 saturated carbocycles. The summed E-state index contributed by atoms with van der Waals surface area (Å²) in [5.74, 6) is -0.442. The Morgan fingerprint density at radius 1 is 1.33 bits per heavy atom. The van der Waals surface area contributed by atoms with Gasteiger partial charge < -0.3 is 14.6 Å². The van der Waals surface area contributed by atoms with E-state index >= 15 is 0 Å². The third kappa shape index (κ3) is 4.72. The Labute approximate surface area is 107 Å². The maximum atomic E-state index is 11.6. The number of amides is 2. The minimum absolute atomic E-state index is 0.117. The van der Waals surface area contributed by atoms with Gasteiger partial charge in [-0.15, -0.1) is 0 Å². The van der Waals surface area contributed by atoms with E-state index in [-0.39, 0.29) is 24.3 Å². The highest BCUT2D eigenvalue weighted by molar-refractivity contribution is 6.03. The molecule has 2 unspecified atom stereocenters. The number of carbonyl (C=O) groups is 2. The monoisotopic (exact) mass is 259 g/mol. The fourth-order valence-corrected chi connectivity index (χ4v) is 1.71. The fourth-order valence-electron chi connectivity index (χ4n) is 1.71. The van der Waals surface area contributed by atoms with Crippen molar-refractivity contribution in [2.24, 2.45) is 5.92 Å². The average Bonchev–Trinajstić information content (AvgIpc) is 2.53. The van der Waals surface area contributed by atoms with E-state index in [0.717, 1.165) is 0 Å². The third-order valence-electron chi connectivity index (χ3n) is 2.66. The Balaban J connectivity index is 2.04. The van der Waals surface area contributed by atoms with Crippen molar-refractivity contribution < 1.29 is 24.2 Å². The number of hydrogen-bond donors (Lipinski definition) is 1. The molecule has 0 bridgehead atoms. The van der Waals surface area contributed by atoms with Gasteiger partial charge in [0.2, 0.25) is 11.8 Å². The van der Waals surface area contributed by atoms with Crippen molar-refractivity contribution in [1.29, 1.82) is 0 Å². The molecule has 1 aliphatic rings. The van der Waals surface area contributed by atoms with Crippen LogP contribution < -0.4 is 0 Å². The number of aliphatic hydroxyl groups excluding tert-OH is 1. The van der Waals surface area contributed by atoms with Crippen LogP contribution in [0.15, 0.2) is 0 Å². The van der Waals surface area contributed by atoms with E-state index in [1.54, 1.807) is 13.8 Å². The minimum atomic E-state index is -0.480.